The first-order chi connectivity index (χ1) is 8.74. The topological polar surface area (TPSA) is 57.1 Å². The van der Waals surface area contributed by atoms with Gasteiger partial charge in [-0.25, -0.2) is 9.97 Å². The first kappa shape index (κ1) is 12.9. The molecule has 5 nitrogen and oxygen atoms in total. The van der Waals surface area contributed by atoms with E-state index in [2.05, 4.69) is 15.0 Å². The van der Waals surface area contributed by atoms with Gasteiger partial charge < -0.3 is 9.47 Å². The van der Waals surface area contributed by atoms with Gasteiger partial charge in [0.1, 0.15) is 11.4 Å². The SMILES string of the molecule is COC(OC)c1ccnc(-c2ccc(Cl)cn2)n1. The van der Waals surface area contributed by atoms with Crippen molar-refractivity contribution in [2.45, 2.75) is 6.29 Å². The lowest BCUT2D eigenvalue weighted by Crippen LogP contribution is -2.07. The summed E-state index contributed by atoms with van der Waals surface area (Å²) in [5.74, 6) is 0.503. The van der Waals surface area contributed by atoms with Crippen LogP contribution in [0.3, 0.4) is 0 Å². The van der Waals surface area contributed by atoms with Gasteiger partial charge in [0.15, 0.2) is 5.82 Å². The Hall–Kier alpha value is -1.56. The van der Waals surface area contributed by atoms with E-state index < -0.39 is 6.29 Å². The smallest absolute Gasteiger partial charge is 0.200 e. The summed E-state index contributed by atoms with van der Waals surface area (Å²) in [5.41, 5.74) is 1.29. The summed E-state index contributed by atoms with van der Waals surface area (Å²) >= 11 is 5.78. The second kappa shape index (κ2) is 5.86. The van der Waals surface area contributed by atoms with Gasteiger partial charge in [-0.3, -0.25) is 4.98 Å². The van der Waals surface area contributed by atoms with Crippen LogP contribution in [0.15, 0.2) is 30.6 Å². The van der Waals surface area contributed by atoms with Crippen LogP contribution in [-0.2, 0) is 9.47 Å². The molecule has 18 heavy (non-hydrogen) atoms. The van der Waals surface area contributed by atoms with Crippen LogP contribution < -0.4 is 0 Å². The van der Waals surface area contributed by atoms with E-state index in [1.165, 1.54) is 0 Å². The average molecular weight is 266 g/mol. The number of aromatic nitrogens is 3. The molecule has 2 rings (SSSR count). The van der Waals surface area contributed by atoms with E-state index in [-0.39, 0.29) is 0 Å². The van der Waals surface area contributed by atoms with Crippen molar-refractivity contribution in [1.29, 1.82) is 0 Å². The van der Waals surface area contributed by atoms with E-state index >= 15 is 0 Å². The zero-order chi connectivity index (χ0) is 13.0. The zero-order valence-electron chi connectivity index (χ0n) is 10.0. The van der Waals surface area contributed by atoms with E-state index in [1.807, 2.05) is 0 Å². The Bertz CT molecular complexity index is 515. The summed E-state index contributed by atoms with van der Waals surface area (Å²) in [6.07, 6.45) is 2.68. The predicted molar refractivity (Wildman–Crippen MR) is 67.0 cm³/mol. The molecule has 2 aromatic heterocycles. The molecule has 0 radical (unpaired) electrons. The molecule has 6 heteroatoms. The molecule has 0 aliphatic heterocycles. The summed E-state index contributed by atoms with van der Waals surface area (Å²) in [5, 5.41) is 0.571. The van der Waals surface area contributed by atoms with Gasteiger partial charge in [0.25, 0.3) is 0 Å². The van der Waals surface area contributed by atoms with Crippen LogP contribution >= 0.6 is 11.6 Å². The van der Waals surface area contributed by atoms with E-state index in [0.717, 1.165) is 0 Å². The molecule has 0 aromatic carbocycles. The van der Waals surface area contributed by atoms with Crippen LogP contribution in [0.2, 0.25) is 5.02 Å². The third kappa shape index (κ3) is 2.81. The van der Waals surface area contributed by atoms with E-state index in [1.54, 1.807) is 44.8 Å². The lowest BCUT2D eigenvalue weighted by Gasteiger charge is -2.12. The predicted octanol–water partition coefficient (Wildman–Crippen LogP) is 2.48. The Morgan fingerprint density at radius 2 is 1.89 bits per heavy atom. The standard InChI is InChI=1S/C12H12ClN3O2/c1-17-12(18-2)10-5-6-14-11(16-10)9-4-3-8(13)7-15-9/h3-7,12H,1-2H3. The van der Waals surface area contributed by atoms with Crippen LogP contribution in [0, 0.1) is 0 Å². The summed E-state index contributed by atoms with van der Waals surface area (Å²) in [6, 6.07) is 5.23. The van der Waals surface area contributed by atoms with Crippen LogP contribution in [0.5, 0.6) is 0 Å². The Morgan fingerprint density at radius 1 is 1.11 bits per heavy atom. The lowest BCUT2D eigenvalue weighted by molar-refractivity contribution is -0.108. The fraction of sp³-hybridized carbons (Fsp3) is 0.250. The summed E-state index contributed by atoms with van der Waals surface area (Å²) in [6.45, 7) is 0. The molecule has 94 valence electrons. The maximum absolute atomic E-state index is 5.78. The van der Waals surface area contributed by atoms with Gasteiger partial charge >= 0.3 is 0 Å². The largest absolute Gasteiger partial charge is 0.350 e. The number of ether oxygens (including phenoxy) is 2. The molecule has 0 aliphatic carbocycles. The molecule has 0 atom stereocenters. The molecule has 2 aromatic rings. The van der Waals surface area contributed by atoms with Gasteiger partial charge in [-0.15, -0.1) is 0 Å². The second-order valence-corrected chi connectivity index (χ2v) is 3.91. The van der Waals surface area contributed by atoms with Crippen LogP contribution in [0.25, 0.3) is 11.5 Å². The first-order valence-corrected chi connectivity index (χ1v) is 5.63. The van der Waals surface area contributed by atoms with Gasteiger partial charge in [-0.2, -0.15) is 0 Å². The van der Waals surface area contributed by atoms with E-state index in [9.17, 15) is 0 Å². The maximum Gasteiger partial charge on any atom is 0.200 e. The maximum atomic E-state index is 5.78. The van der Waals surface area contributed by atoms with E-state index in [4.69, 9.17) is 21.1 Å². The molecule has 0 bridgehead atoms. The number of pyridine rings is 1. The van der Waals surface area contributed by atoms with Crippen molar-refractivity contribution in [3.8, 4) is 11.5 Å². The van der Waals surface area contributed by atoms with Crippen molar-refractivity contribution in [2.24, 2.45) is 0 Å². The van der Waals surface area contributed by atoms with Crippen molar-refractivity contribution in [3.63, 3.8) is 0 Å². The molecule has 0 unspecified atom stereocenters. The Morgan fingerprint density at radius 3 is 2.50 bits per heavy atom. The molecule has 0 spiro atoms. The highest BCUT2D eigenvalue weighted by atomic mass is 35.5. The quantitative estimate of drug-likeness (QED) is 0.795. The second-order valence-electron chi connectivity index (χ2n) is 3.47. The third-order valence-electron chi connectivity index (χ3n) is 2.30. The van der Waals surface area contributed by atoms with Gasteiger partial charge in [-0.1, -0.05) is 11.6 Å². The minimum Gasteiger partial charge on any atom is -0.350 e. The Kier molecular flexibility index (Phi) is 4.19. The highest BCUT2D eigenvalue weighted by molar-refractivity contribution is 6.30. The summed E-state index contributed by atoms with van der Waals surface area (Å²) in [4.78, 5) is 12.7. The van der Waals surface area contributed by atoms with Crippen LogP contribution in [0.4, 0.5) is 0 Å². The molecule has 0 amide bonds. The minimum atomic E-state index is -0.515. The molecular formula is C12H12ClN3O2. The Labute approximate surface area is 110 Å². The number of methoxy groups -OCH3 is 2. The van der Waals surface area contributed by atoms with Crippen molar-refractivity contribution in [3.05, 3.63) is 41.3 Å². The Balaban J connectivity index is 2.34. The molecule has 0 aliphatic rings. The molecule has 0 saturated carbocycles. The summed E-state index contributed by atoms with van der Waals surface area (Å²) in [7, 11) is 3.10. The molecular weight excluding hydrogens is 254 g/mol. The first-order valence-electron chi connectivity index (χ1n) is 5.25. The van der Waals surface area contributed by atoms with Crippen LogP contribution in [-0.4, -0.2) is 29.2 Å². The molecule has 2 heterocycles. The average Bonchev–Trinajstić information content (AvgIpc) is 2.41. The van der Waals surface area contributed by atoms with Crippen LogP contribution in [0.1, 0.15) is 12.0 Å². The number of hydrogen-bond acceptors (Lipinski definition) is 5. The normalized spacial score (nSPS) is 10.9. The zero-order valence-corrected chi connectivity index (χ0v) is 10.8. The monoisotopic (exact) mass is 265 g/mol. The third-order valence-corrected chi connectivity index (χ3v) is 2.53. The number of nitrogens with zero attached hydrogens (tertiary/aromatic N) is 3. The highest BCUT2D eigenvalue weighted by Crippen LogP contribution is 2.19. The number of rotatable bonds is 4. The van der Waals surface area contributed by atoms with E-state index in [0.29, 0.717) is 22.2 Å². The lowest BCUT2D eigenvalue weighted by atomic mass is 10.3. The van der Waals surface area contributed by atoms with Gasteiger partial charge in [0.05, 0.1) is 5.02 Å². The molecule has 0 saturated heterocycles. The van der Waals surface area contributed by atoms with Crippen molar-refractivity contribution < 1.29 is 9.47 Å². The van der Waals surface area contributed by atoms with Crippen molar-refractivity contribution >= 4 is 11.6 Å². The minimum absolute atomic E-state index is 0.503. The molecule has 0 N–H and O–H groups in total. The highest BCUT2D eigenvalue weighted by Gasteiger charge is 2.12. The van der Waals surface area contributed by atoms with Gasteiger partial charge in [0.2, 0.25) is 6.29 Å². The summed E-state index contributed by atoms with van der Waals surface area (Å²) < 4.78 is 10.3. The number of hydrogen-bond donors (Lipinski definition) is 0. The van der Waals surface area contributed by atoms with Crippen molar-refractivity contribution in [2.75, 3.05) is 14.2 Å². The van der Waals surface area contributed by atoms with Crippen molar-refractivity contribution in [1.82, 2.24) is 15.0 Å². The fourth-order valence-corrected chi connectivity index (χ4v) is 1.58. The molecule has 0 fully saturated rings. The van der Waals surface area contributed by atoms with Gasteiger partial charge in [0, 0.05) is 26.6 Å². The fourth-order valence-electron chi connectivity index (χ4n) is 1.47. The number of halogens is 1. The van der Waals surface area contributed by atoms with Gasteiger partial charge in [-0.05, 0) is 18.2 Å².